The number of amides is 2. The molecule has 2 heterocycles. The van der Waals surface area contributed by atoms with Crippen molar-refractivity contribution < 1.29 is 36.6 Å². The van der Waals surface area contributed by atoms with E-state index in [1.54, 1.807) is 19.1 Å². The van der Waals surface area contributed by atoms with E-state index in [0.717, 1.165) is 12.8 Å². The lowest BCUT2D eigenvalue weighted by molar-refractivity contribution is -0.142. The molecular weight excluding hydrogens is 529 g/mol. The van der Waals surface area contributed by atoms with Crippen LogP contribution in [0, 0.1) is 5.82 Å². The summed E-state index contributed by atoms with van der Waals surface area (Å²) >= 11 is 0. The Labute approximate surface area is 228 Å². The third-order valence-electron chi connectivity index (χ3n) is 6.76. The second-order valence-corrected chi connectivity index (χ2v) is 11.4. The molecule has 2 aliphatic rings. The van der Waals surface area contributed by atoms with Crippen molar-refractivity contribution in [1.82, 2.24) is 14.5 Å². The van der Waals surface area contributed by atoms with Crippen molar-refractivity contribution in [3.05, 3.63) is 59.9 Å². The quantitative estimate of drug-likeness (QED) is 0.445. The first-order valence-electron chi connectivity index (χ1n) is 13.0. The average molecular weight is 564 g/mol. The van der Waals surface area contributed by atoms with Crippen molar-refractivity contribution in [3.63, 3.8) is 0 Å². The number of rotatable bonds is 11. The fourth-order valence-corrected chi connectivity index (χ4v) is 5.82. The summed E-state index contributed by atoms with van der Waals surface area (Å²) in [6, 6.07) is 10.7. The van der Waals surface area contributed by atoms with Crippen LogP contribution in [-0.2, 0) is 35.6 Å². The largest absolute Gasteiger partial charge is 0.484 e. The van der Waals surface area contributed by atoms with Crippen LogP contribution in [0.25, 0.3) is 0 Å². The summed E-state index contributed by atoms with van der Waals surface area (Å²) < 4.78 is 56.9. The molecule has 2 fully saturated rings. The smallest absolute Gasteiger partial charge is 0.261 e. The maximum Gasteiger partial charge on any atom is 0.261 e. The summed E-state index contributed by atoms with van der Waals surface area (Å²) in [6.07, 6.45) is 1.77. The highest BCUT2D eigenvalue weighted by molar-refractivity contribution is 7.89. The minimum Gasteiger partial charge on any atom is -0.484 e. The lowest BCUT2D eigenvalue weighted by atomic mass is 10.1. The summed E-state index contributed by atoms with van der Waals surface area (Å²) in [7, 11) is -3.65. The number of hydrogen-bond donors (Lipinski definition) is 1. The summed E-state index contributed by atoms with van der Waals surface area (Å²) in [5.41, 5.74) is 0.654. The van der Waals surface area contributed by atoms with E-state index in [9.17, 15) is 22.4 Å². The maximum atomic E-state index is 13.4. The molecule has 0 radical (unpaired) electrons. The molecule has 0 aromatic heterocycles. The van der Waals surface area contributed by atoms with E-state index in [1.807, 2.05) is 0 Å². The van der Waals surface area contributed by atoms with E-state index in [0.29, 0.717) is 50.8 Å². The molecule has 4 rings (SSSR count). The Hall–Kier alpha value is -3.06. The van der Waals surface area contributed by atoms with Gasteiger partial charge in [-0.15, -0.1) is 0 Å². The third kappa shape index (κ3) is 7.75. The molecule has 39 heavy (non-hydrogen) atoms. The summed E-state index contributed by atoms with van der Waals surface area (Å²) in [5, 5.41) is 2.85. The molecule has 1 N–H and O–H groups in total. The molecule has 10 nitrogen and oxygen atoms in total. The van der Waals surface area contributed by atoms with Gasteiger partial charge in [-0.2, -0.15) is 4.31 Å². The first-order valence-corrected chi connectivity index (χ1v) is 14.4. The van der Waals surface area contributed by atoms with Crippen LogP contribution in [-0.4, -0.2) is 87.6 Å². The molecule has 0 aliphatic carbocycles. The lowest BCUT2D eigenvalue weighted by Crippen LogP contribution is -2.50. The highest BCUT2D eigenvalue weighted by atomic mass is 32.2. The standard InChI is InChI=1S/C27H34FN3O7S/c1-20(27(33)29-17-24-3-2-14-37-24)31(18-21-4-6-22(28)7-5-21)26(32)19-38-23-8-10-25(11-9-23)39(34,35)30-12-15-36-16-13-30/h4-11,20,24H,2-3,12-19H2,1H3,(H,29,33)/t20-,24+/m1/s1. The van der Waals surface area contributed by atoms with Crippen molar-refractivity contribution in [2.45, 2.75) is 43.4 Å². The summed E-state index contributed by atoms with van der Waals surface area (Å²) in [4.78, 5) is 27.6. The minimum atomic E-state index is -3.65. The van der Waals surface area contributed by atoms with E-state index < -0.39 is 27.8 Å². The Morgan fingerprint density at radius 3 is 2.44 bits per heavy atom. The van der Waals surface area contributed by atoms with E-state index in [2.05, 4.69) is 5.32 Å². The minimum absolute atomic E-state index is 0.0410. The van der Waals surface area contributed by atoms with E-state index in [-0.39, 0.29) is 30.1 Å². The monoisotopic (exact) mass is 563 g/mol. The Morgan fingerprint density at radius 1 is 1.10 bits per heavy atom. The Balaban J connectivity index is 1.40. The van der Waals surface area contributed by atoms with Gasteiger partial charge in [0.25, 0.3) is 5.91 Å². The SMILES string of the molecule is C[C@H](C(=O)NC[C@@H]1CCCO1)N(Cc1ccc(F)cc1)C(=O)COc1ccc(S(=O)(=O)N2CCOCC2)cc1. The van der Waals surface area contributed by atoms with Gasteiger partial charge in [0.2, 0.25) is 15.9 Å². The normalized spacial score (nSPS) is 18.9. The molecule has 2 saturated heterocycles. The second kappa shape index (κ2) is 13.3. The van der Waals surface area contributed by atoms with Crippen LogP contribution in [0.1, 0.15) is 25.3 Å². The zero-order valence-electron chi connectivity index (χ0n) is 21.9. The first-order chi connectivity index (χ1) is 18.7. The van der Waals surface area contributed by atoms with Crippen LogP contribution in [0.2, 0.25) is 0 Å². The fraction of sp³-hybridized carbons (Fsp3) is 0.481. The van der Waals surface area contributed by atoms with E-state index >= 15 is 0 Å². The van der Waals surface area contributed by atoms with Gasteiger partial charge < -0.3 is 24.4 Å². The average Bonchev–Trinajstić information content (AvgIpc) is 3.48. The molecule has 0 saturated carbocycles. The summed E-state index contributed by atoms with van der Waals surface area (Å²) in [5.74, 6) is -0.884. The third-order valence-corrected chi connectivity index (χ3v) is 8.67. The lowest BCUT2D eigenvalue weighted by Gasteiger charge is -2.29. The Morgan fingerprint density at radius 2 is 1.79 bits per heavy atom. The number of carbonyl (C=O) groups is 2. The van der Waals surface area contributed by atoms with Crippen molar-refractivity contribution in [1.29, 1.82) is 0 Å². The number of sulfonamides is 1. The molecule has 2 aromatic rings. The Bertz CT molecular complexity index is 1210. The number of hydrogen-bond acceptors (Lipinski definition) is 7. The number of nitrogens with one attached hydrogen (secondary N) is 1. The topological polar surface area (TPSA) is 114 Å². The zero-order chi connectivity index (χ0) is 27.8. The van der Waals surface area contributed by atoms with Gasteiger partial charge >= 0.3 is 0 Å². The molecule has 12 heteroatoms. The highest BCUT2D eigenvalue weighted by Crippen LogP contribution is 2.21. The van der Waals surface area contributed by atoms with E-state index in [1.165, 1.54) is 45.6 Å². The molecular formula is C27H34FN3O7S. The van der Waals surface area contributed by atoms with Crippen LogP contribution in [0.4, 0.5) is 4.39 Å². The molecule has 0 bridgehead atoms. The van der Waals surface area contributed by atoms with Gasteiger partial charge in [-0.05, 0) is 61.7 Å². The first kappa shape index (κ1) is 28.9. The highest BCUT2D eigenvalue weighted by Gasteiger charge is 2.28. The number of benzene rings is 2. The summed E-state index contributed by atoms with van der Waals surface area (Å²) in [6.45, 7) is 3.63. The zero-order valence-corrected chi connectivity index (χ0v) is 22.7. The number of morpholine rings is 1. The van der Waals surface area contributed by atoms with Crippen LogP contribution in [0.5, 0.6) is 5.75 Å². The predicted octanol–water partition coefficient (Wildman–Crippen LogP) is 1.94. The van der Waals surface area contributed by atoms with Gasteiger partial charge in [0.05, 0.1) is 24.2 Å². The number of nitrogens with zero attached hydrogens (tertiary/aromatic N) is 2. The van der Waals surface area contributed by atoms with Crippen LogP contribution in [0.3, 0.4) is 0 Å². The van der Waals surface area contributed by atoms with Gasteiger partial charge in [0, 0.05) is 32.8 Å². The van der Waals surface area contributed by atoms with Crippen LogP contribution >= 0.6 is 0 Å². The molecule has 2 amide bonds. The Kier molecular flexibility index (Phi) is 9.89. The molecule has 2 aliphatic heterocycles. The fourth-order valence-electron chi connectivity index (χ4n) is 4.41. The van der Waals surface area contributed by atoms with Gasteiger partial charge in [-0.3, -0.25) is 9.59 Å². The van der Waals surface area contributed by atoms with Crippen LogP contribution < -0.4 is 10.1 Å². The maximum absolute atomic E-state index is 13.4. The van der Waals surface area contributed by atoms with Crippen molar-refractivity contribution in [2.24, 2.45) is 0 Å². The molecule has 2 aromatic carbocycles. The van der Waals surface area contributed by atoms with Gasteiger partial charge in [-0.1, -0.05) is 12.1 Å². The van der Waals surface area contributed by atoms with Crippen molar-refractivity contribution >= 4 is 21.8 Å². The van der Waals surface area contributed by atoms with Gasteiger partial charge in [0.1, 0.15) is 17.6 Å². The number of ether oxygens (including phenoxy) is 3. The van der Waals surface area contributed by atoms with Crippen molar-refractivity contribution in [2.75, 3.05) is 46.1 Å². The number of carbonyl (C=O) groups excluding carboxylic acids is 2. The molecule has 0 unspecified atom stereocenters. The molecule has 2 atom stereocenters. The second-order valence-electron chi connectivity index (χ2n) is 9.48. The van der Waals surface area contributed by atoms with Crippen molar-refractivity contribution in [3.8, 4) is 5.75 Å². The molecule has 0 spiro atoms. The molecule has 212 valence electrons. The van der Waals surface area contributed by atoms with Gasteiger partial charge in [0.15, 0.2) is 6.61 Å². The number of halogens is 1. The van der Waals surface area contributed by atoms with E-state index in [4.69, 9.17) is 14.2 Å². The van der Waals surface area contributed by atoms with Gasteiger partial charge in [-0.25, -0.2) is 12.8 Å². The predicted molar refractivity (Wildman–Crippen MR) is 140 cm³/mol. The van der Waals surface area contributed by atoms with Crippen LogP contribution in [0.15, 0.2) is 53.4 Å².